The number of nitro groups is 1. The Morgan fingerprint density at radius 2 is 1.87 bits per heavy atom. The summed E-state index contributed by atoms with van der Waals surface area (Å²) in [5, 5.41) is 16.4. The zero-order valence-corrected chi connectivity index (χ0v) is 11.7. The van der Waals surface area contributed by atoms with Crippen LogP contribution in [0.15, 0.2) is 53.6 Å². The van der Waals surface area contributed by atoms with Gasteiger partial charge in [0.2, 0.25) is 0 Å². The van der Waals surface area contributed by atoms with Crippen molar-refractivity contribution in [1.29, 1.82) is 0 Å². The van der Waals surface area contributed by atoms with E-state index in [1.54, 1.807) is 24.3 Å². The van der Waals surface area contributed by atoms with Gasteiger partial charge in [-0.1, -0.05) is 29.4 Å². The van der Waals surface area contributed by atoms with Gasteiger partial charge in [0.25, 0.3) is 5.69 Å². The lowest BCUT2D eigenvalue weighted by Gasteiger charge is -2.07. The van der Waals surface area contributed by atoms with Crippen LogP contribution in [-0.2, 0) is 11.3 Å². The standard InChI is InChI=1S/C14H11N5O4/c15-18-17-12-3-1-10(2-4-12)9-23-14(20)16-11-5-7-13(8-6-11)19(21)22/h1-8H,9H2,(H,16,20). The SMILES string of the molecule is [N-]=[N+]=Nc1ccc(COC(=O)Nc2ccc([N+](=O)[O-])cc2)cc1. The van der Waals surface area contributed by atoms with Gasteiger partial charge in [0, 0.05) is 28.4 Å². The number of ether oxygens (including phenoxy) is 1. The molecule has 0 fully saturated rings. The molecular formula is C14H11N5O4. The minimum absolute atomic E-state index is 0.0371. The number of benzene rings is 2. The number of carbonyl (C=O) groups is 1. The number of nitrogens with one attached hydrogen (secondary N) is 1. The van der Waals surface area contributed by atoms with Crippen molar-refractivity contribution in [2.24, 2.45) is 5.11 Å². The van der Waals surface area contributed by atoms with E-state index in [0.29, 0.717) is 11.4 Å². The van der Waals surface area contributed by atoms with E-state index in [-0.39, 0.29) is 12.3 Å². The van der Waals surface area contributed by atoms with Crippen molar-refractivity contribution in [3.05, 3.63) is 74.7 Å². The molecule has 0 atom stereocenters. The Morgan fingerprint density at radius 1 is 1.22 bits per heavy atom. The second kappa shape index (κ2) is 7.43. The first-order chi connectivity index (χ1) is 11.1. The second-order valence-electron chi connectivity index (χ2n) is 4.36. The van der Waals surface area contributed by atoms with Crippen LogP contribution >= 0.6 is 0 Å². The first kappa shape index (κ1) is 15.8. The quantitative estimate of drug-likeness (QED) is 0.290. The summed E-state index contributed by atoms with van der Waals surface area (Å²) in [7, 11) is 0. The third-order valence-corrected chi connectivity index (χ3v) is 2.79. The highest BCUT2D eigenvalue weighted by Gasteiger charge is 2.07. The Labute approximate surface area is 130 Å². The zero-order valence-electron chi connectivity index (χ0n) is 11.7. The molecule has 9 nitrogen and oxygen atoms in total. The Kier molecular flexibility index (Phi) is 5.11. The van der Waals surface area contributed by atoms with Gasteiger partial charge < -0.3 is 4.74 Å². The fourth-order valence-corrected chi connectivity index (χ4v) is 1.68. The molecule has 2 aromatic carbocycles. The molecule has 0 aliphatic heterocycles. The first-order valence-electron chi connectivity index (χ1n) is 6.41. The lowest BCUT2D eigenvalue weighted by atomic mass is 10.2. The van der Waals surface area contributed by atoms with Crippen LogP contribution < -0.4 is 5.32 Å². The number of hydrogen-bond acceptors (Lipinski definition) is 5. The fraction of sp³-hybridized carbons (Fsp3) is 0.0714. The Balaban J connectivity index is 1.87. The molecule has 1 N–H and O–H groups in total. The molecule has 0 aliphatic carbocycles. The summed E-state index contributed by atoms with van der Waals surface area (Å²) in [6, 6.07) is 11.9. The summed E-state index contributed by atoms with van der Waals surface area (Å²) in [6.07, 6.45) is -0.682. The summed E-state index contributed by atoms with van der Waals surface area (Å²) >= 11 is 0. The summed E-state index contributed by atoms with van der Waals surface area (Å²) < 4.78 is 5.02. The van der Waals surface area contributed by atoms with Gasteiger partial charge in [0.1, 0.15) is 6.61 Å². The summed E-state index contributed by atoms with van der Waals surface area (Å²) in [5.41, 5.74) is 9.81. The largest absolute Gasteiger partial charge is 0.444 e. The number of hydrogen-bond donors (Lipinski definition) is 1. The van der Waals surface area contributed by atoms with Crippen molar-refractivity contribution in [2.45, 2.75) is 6.61 Å². The van der Waals surface area contributed by atoms with Crippen LogP contribution in [0.3, 0.4) is 0 Å². The number of azide groups is 1. The highest BCUT2D eigenvalue weighted by molar-refractivity contribution is 5.84. The minimum Gasteiger partial charge on any atom is -0.444 e. The molecule has 0 unspecified atom stereocenters. The van der Waals surface area contributed by atoms with Crippen LogP contribution in [0.25, 0.3) is 10.4 Å². The van der Waals surface area contributed by atoms with Crippen LogP contribution in [0.5, 0.6) is 0 Å². The molecule has 0 aliphatic rings. The van der Waals surface area contributed by atoms with Crippen LogP contribution in [0.2, 0.25) is 0 Å². The average Bonchev–Trinajstić information content (AvgIpc) is 2.55. The lowest BCUT2D eigenvalue weighted by Crippen LogP contribution is -2.13. The number of nitrogens with zero attached hydrogens (tertiary/aromatic N) is 4. The molecule has 0 saturated carbocycles. The van der Waals surface area contributed by atoms with Crippen molar-refractivity contribution in [3.63, 3.8) is 0 Å². The fourth-order valence-electron chi connectivity index (χ4n) is 1.68. The molecule has 0 aromatic heterocycles. The molecular weight excluding hydrogens is 302 g/mol. The zero-order chi connectivity index (χ0) is 16.7. The van der Waals surface area contributed by atoms with Gasteiger partial charge in [-0.15, -0.1) is 0 Å². The highest BCUT2D eigenvalue weighted by Crippen LogP contribution is 2.16. The lowest BCUT2D eigenvalue weighted by molar-refractivity contribution is -0.384. The number of nitro benzene ring substituents is 1. The monoisotopic (exact) mass is 313 g/mol. The summed E-state index contributed by atoms with van der Waals surface area (Å²) in [5.74, 6) is 0. The predicted octanol–water partition coefficient (Wildman–Crippen LogP) is 4.29. The molecule has 2 aromatic rings. The molecule has 0 radical (unpaired) electrons. The van der Waals surface area contributed by atoms with E-state index >= 15 is 0 Å². The Morgan fingerprint density at radius 3 is 2.43 bits per heavy atom. The van der Waals surface area contributed by atoms with Crippen molar-refractivity contribution < 1.29 is 14.5 Å². The molecule has 2 rings (SSSR count). The molecule has 9 heteroatoms. The van der Waals surface area contributed by atoms with Crippen LogP contribution in [0, 0.1) is 10.1 Å². The Hall–Kier alpha value is -3.58. The van der Waals surface area contributed by atoms with E-state index in [9.17, 15) is 14.9 Å². The maximum Gasteiger partial charge on any atom is 0.411 e. The maximum absolute atomic E-state index is 11.6. The van der Waals surface area contributed by atoms with Crippen molar-refractivity contribution in [2.75, 3.05) is 5.32 Å². The van der Waals surface area contributed by atoms with E-state index in [2.05, 4.69) is 15.3 Å². The van der Waals surface area contributed by atoms with Gasteiger partial charge in [-0.2, -0.15) is 0 Å². The van der Waals surface area contributed by atoms with Gasteiger partial charge in [0.15, 0.2) is 0 Å². The molecule has 23 heavy (non-hydrogen) atoms. The smallest absolute Gasteiger partial charge is 0.411 e. The van der Waals surface area contributed by atoms with Crippen molar-refractivity contribution >= 4 is 23.2 Å². The van der Waals surface area contributed by atoms with Crippen LogP contribution in [0.4, 0.5) is 21.9 Å². The number of carbonyl (C=O) groups excluding carboxylic acids is 1. The van der Waals surface area contributed by atoms with E-state index in [1.807, 2.05) is 0 Å². The van der Waals surface area contributed by atoms with E-state index in [1.165, 1.54) is 24.3 Å². The van der Waals surface area contributed by atoms with Crippen LogP contribution in [0.1, 0.15) is 5.56 Å². The average molecular weight is 313 g/mol. The van der Waals surface area contributed by atoms with Gasteiger partial charge in [-0.25, -0.2) is 4.79 Å². The summed E-state index contributed by atoms with van der Waals surface area (Å²) in [4.78, 5) is 24.3. The van der Waals surface area contributed by atoms with Gasteiger partial charge in [-0.3, -0.25) is 15.4 Å². The van der Waals surface area contributed by atoms with Gasteiger partial charge in [-0.05, 0) is 23.2 Å². The molecule has 0 heterocycles. The van der Waals surface area contributed by atoms with Gasteiger partial charge >= 0.3 is 6.09 Å². The van der Waals surface area contributed by atoms with Crippen molar-refractivity contribution in [3.8, 4) is 0 Å². The first-order valence-corrected chi connectivity index (χ1v) is 6.41. The number of anilines is 1. The van der Waals surface area contributed by atoms with E-state index < -0.39 is 11.0 Å². The van der Waals surface area contributed by atoms with E-state index in [0.717, 1.165) is 5.56 Å². The van der Waals surface area contributed by atoms with Crippen LogP contribution in [-0.4, -0.2) is 11.0 Å². The third kappa shape index (κ3) is 4.73. The maximum atomic E-state index is 11.6. The highest BCUT2D eigenvalue weighted by atomic mass is 16.6. The molecule has 116 valence electrons. The normalized spacial score (nSPS) is 9.57. The molecule has 0 bridgehead atoms. The molecule has 0 saturated heterocycles. The van der Waals surface area contributed by atoms with Gasteiger partial charge in [0.05, 0.1) is 4.92 Å². The number of rotatable bonds is 5. The predicted molar refractivity (Wildman–Crippen MR) is 82.2 cm³/mol. The number of amides is 1. The number of non-ortho nitro benzene ring substituents is 1. The van der Waals surface area contributed by atoms with E-state index in [4.69, 9.17) is 10.3 Å². The Bertz CT molecular complexity index is 752. The third-order valence-electron chi connectivity index (χ3n) is 2.79. The minimum atomic E-state index is -0.682. The molecule has 0 spiro atoms. The van der Waals surface area contributed by atoms with Crippen molar-refractivity contribution in [1.82, 2.24) is 0 Å². The second-order valence-corrected chi connectivity index (χ2v) is 4.36. The topological polar surface area (TPSA) is 130 Å². The summed E-state index contributed by atoms with van der Waals surface area (Å²) in [6.45, 7) is 0.0371. The molecule has 1 amide bonds.